The minimum atomic E-state index is 0.566. The summed E-state index contributed by atoms with van der Waals surface area (Å²) in [5.41, 5.74) is 9.88. The molecule has 0 aliphatic rings. The molecule has 9 rings (SSSR count). The summed E-state index contributed by atoms with van der Waals surface area (Å²) in [6.07, 6.45) is 1.87. The summed E-state index contributed by atoms with van der Waals surface area (Å²) in [4.78, 5) is 9.84. The molecule has 0 aliphatic heterocycles. The molecule has 0 aliphatic carbocycles. The maximum Gasteiger partial charge on any atom is 0.246 e. The van der Waals surface area contributed by atoms with Crippen LogP contribution in [-0.4, -0.2) is 9.97 Å². The quantitative estimate of drug-likeness (QED) is 0.213. The molecule has 202 valence electrons. The van der Waals surface area contributed by atoms with Crippen LogP contribution in [0.15, 0.2) is 132 Å². The molecule has 43 heavy (non-hydrogen) atoms. The van der Waals surface area contributed by atoms with E-state index in [-0.39, 0.29) is 0 Å². The second-order valence-corrected chi connectivity index (χ2v) is 12.1. The van der Waals surface area contributed by atoms with Gasteiger partial charge in [-0.3, -0.25) is 0 Å². The molecule has 9 aromatic rings. The fourth-order valence-corrected chi connectivity index (χ4v) is 7.62. The Morgan fingerprint density at radius 1 is 0.628 bits per heavy atom. The molecule has 0 amide bonds. The number of thiophene rings is 1. The van der Waals surface area contributed by atoms with Crippen molar-refractivity contribution in [3.8, 4) is 33.5 Å². The van der Waals surface area contributed by atoms with Crippen LogP contribution in [0.1, 0.15) is 5.56 Å². The van der Waals surface area contributed by atoms with Crippen LogP contribution < -0.4 is 0 Å². The number of rotatable bonds is 3. The van der Waals surface area contributed by atoms with Crippen molar-refractivity contribution in [3.05, 3.63) is 133 Å². The van der Waals surface area contributed by atoms with Crippen LogP contribution in [0, 0.1) is 6.92 Å². The Bertz CT molecular complexity index is 2540. The van der Waals surface area contributed by atoms with Gasteiger partial charge in [-0.05, 0) is 69.8 Å². The highest BCUT2D eigenvalue weighted by atomic mass is 32.1. The number of hydrogen-bond donors (Lipinski definition) is 0. The van der Waals surface area contributed by atoms with Crippen molar-refractivity contribution >= 4 is 64.5 Å². The number of fused-ring (bicyclic) bond motifs is 8. The lowest BCUT2D eigenvalue weighted by atomic mass is 9.96. The van der Waals surface area contributed by atoms with E-state index in [4.69, 9.17) is 14.4 Å². The third-order valence-corrected chi connectivity index (χ3v) is 9.65. The molecule has 0 spiro atoms. The van der Waals surface area contributed by atoms with E-state index in [0.717, 1.165) is 49.8 Å². The van der Waals surface area contributed by atoms with Gasteiger partial charge in [0.1, 0.15) is 11.1 Å². The molecule has 0 saturated carbocycles. The molecule has 6 aromatic carbocycles. The number of aryl methyl sites for hydroxylation is 1. The molecule has 0 fully saturated rings. The lowest BCUT2D eigenvalue weighted by molar-refractivity contribution is 0.651. The van der Waals surface area contributed by atoms with Crippen molar-refractivity contribution in [2.24, 2.45) is 0 Å². The van der Waals surface area contributed by atoms with Gasteiger partial charge in [-0.25, -0.2) is 9.97 Å². The number of nitrogens with zero attached hydrogens (tertiary/aromatic N) is 2. The van der Waals surface area contributed by atoms with Gasteiger partial charge in [0.15, 0.2) is 0 Å². The van der Waals surface area contributed by atoms with Crippen molar-refractivity contribution in [2.45, 2.75) is 6.92 Å². The monoisotopic (exact) mass is 568 g/mol. The SMILES string of the molecule is Cc1cc2ccccc2c2c1oc1nc(-c3cccc(-c4cccc(-c5cccc6c5sc5ccccc56)c4)c3)cnc12. The Morgan fingerprint density at radius 2 is 1.33 bits per heavy atom. The first-order chi connectivity index (χ1) is 21.2. The number of benzene rings is 6. The molecule has 3 aromatic heterocycles. The van der Waals surface area contributed by atoms with Crippen LogP contribution in [0.3, 0.4) is 0 Å². The summed E-state index contributed by atoms with van der Waals surface area (Å²) in [5.74, 6) is 0. The number of aromatic nitrogens is 2. The van der Waals surface area contributed by atoms with E-state index in [2.05, 4.69) is 128 Å². The third kappa shape index (κ3) is 3.80. The molecule has 0 N–H and O–H groups in total. The summed E-state index contributed by atoms with van der Waals surface area (Å²) >= 11 is 1.86. The highest BCUT2D eigenvalue weighted by Crippen LogP contribution is 2.41. The Kier molecular flexibility index (Phi) is 5.28. The van der Waals surface area contributed by atoms with Crippen molar-refractivity contribution in [2.75, 3.05) is 0 Å². The zero-order chi connectivity index (χ0) is 28.5. The van der Waals surface area contributed by atoms with Gasteiger partial charge in [0.05, 0.1) is 17.3 Å². The van der Waals surface area contributed by atoms with E-state index >= 15 is 0 Å². The predicted molar refractivity (Wildman–Crippen MR) is 181 cm³/mol. The van der Waals surface area contributed by atoms with Gasteiger partial charge in [0, 0.05) is 25.7 Å². The van der Waals surface area contributed by atoms with Crippen LogP contribution in [-0.2, 0) is 0 Å². The Labute approximate surface area is 251 Å². The first-order valence-electron chi connectivity index (χ1n) is 14.4. The van der Waals surface area contributed by atoms with E-state index in [1.807, 2.05) is 17.5 Å². The van der Waals surface area contributed by atoms with E-state index in [1.165, 1.54) is 36.7 Å². The zero-order valence-electron chi connectivity index (χ0n) is 23.3. The van der Waals surface area contributed by atoms with Gasteiger partial charge >= 0.3 is 0 Å². The molecular formula is C39H24N2OS. The molecule has 0 radical (unpaired) electrons. The summed E-state index contributed by atoms with van der Waals surface area (Å²) in [5, 5.41) is 5.98. The molecule has 3 nitrogen and oxygen atoms in total. The van der Waals surface area contributed by atoms with Crippen LogP contribution in [0.5, 0.6) is 0 Å². The molecule has 0 bridgehead atoms. The van der Waals surface area contributed by atoms with E-state index in [1.54, 1.807) is 0 Å². The molecule has 0 saturated heterocycles. The maximum atomic E-state index is 6.32. The van der Waals surface area contributed by atoms with E-state index < -0.39 is 0 Å². The fourth-order valence-electron chi connectivity index (χ4n) is 6.38. The highest BCUT2D eigenvalue weighted by Gasteiger charge is 2.17. The van der Waals surface area contributed by atoms with Crippen LogP contribution in [0.4, 0.5) is 0 Å². The first-order valence-corrected chi connectivity index (χ1v) is 15.2. The van der Waals surface area contributed by atoms with Gasteiger partial charge in [-0.1, -0.05) is 97.1 Å². The highest BCUT2D eigenvalue weighted by molar-refractivity contribution is 7.26. The van der Waals surface area contributed by atoms with Crippen molar-refractivity contribution < 1.29 is 4.42 Å². The Morgan fingerprint density at radius 3 is 2.21 bits per heavy atom. The second-order valence-electron chi connectivity index (χ2n) is 11.1. The van der Waals surface area contributed by atoms with Gasteiger partial charge in [0.2, 0.25) is 5.71 Å². The summed E-state index contributed by atoms with van der Waals surface area (Å²) in [6.45, 7) is 2.08. The molecule has 4 heteroatoms. The van der Waals surface area contributed by atoms with Crippen LogP contribution in [0.2, 0.25) is 0 Å². The van der Waals surface area contributed by atoms with Crippen molar-refractivity contribution in [3.63, 3.8) is 0 Å². The van der Waals surface area contributed by atoms with Gasteiger partial charge in [-0.15, -0.1) is 11.3 Å². The summed E-state index contributed by atoms with van der Waals surface area (Å²) < 4.78 is 8.96. The molecule has 3 heterocycles. The minimum Gasteiger partial charge on any atom is -0.436 e. The first kappa shape index (κ1) is 24.3. The third-order valence-electron chi connectivity index (χ3n) is 8.43. The predicted octanol–water partition coefficient (Wildman–Crippen LogP) is 11.2. The smallest absolute Gasteiger partial charge is 0.246 e. The summed E-state index contributed by atoms with van der Waals surface area (Å²) in [6, 6.07) is 43.2. The average Bonchev–Trinajstić information content (AvgIpc) is 3.64. The molecule has 0 unspecified atom stereocenters. The second kappa shape index (κ2) is 9.35. The minimum absolute atomic E-state index is 0.566. The lowest BCUT2D eigenvalue weighted by Gasteiger charge is -2.09. The van der Waals surface area contributed by atoms with E-state index in [9.17, 15) is 0 Å². The van der Waals surface area contributed by atoms with E-state index in [0.29, 0.717) is 5.71 Å². The van der Waals surface area contributed by atoms with Crippen LogP contribution in [0.25, 0.3) is 86.7 Å². The maximum absolute atomic E-state index is 6.32. The zero-order valence-corrected chi connectivity index (χ0v) is 24.2. The lowest BCUT2D eigenvalue weighted by Crippen LogP contribution is -1.88. The molecular weight excluding hydrogens is 545 g/mol. The largest absolute Gasteiger partial charge is 0.436 e. The van der Waals surface area contributed by atoms with Crippen molar-refractivity contribution in [1.29, 1.82) is 0 Å². The van der Waals surface area contributed by atoms with Gasteiger partial charge in [-0.2, -0.15) is 0 Å². The number of hydrogen-bond acceptors (Lipinski definition) is 4. The van der Waals surface area contributed by atoms with Gasteiger partial charge < -0.3 is 4.42 Å². The normalized spacial score (nSPS) is 11.8. The van der Waals surface area contributed by atoms with Crippen molar-refractivity contribution in [1.82, 2.24) is 9.97 Å². The fraction of sp³-hybridized carbons (Fsp3) is 0.0256. The number of furan rings is 1. The summed E-state index contributed by atoms with van der Waals surface area (Å²) in [7, 11) is 0. The average molecular weight is 569 g/mol. The van der Waals surface area contributed by atoms with Crippen LogP contribution >= 0.6 is 11.3 Å². The molecule has 0 atom stereocenters. The van der Waals surface area contributed by atoms with Gasteiger partial charge in [0.25, 0.3) is 0 Å². The Balaban J connectivity index is 1.14. The standard InChI is InChI=1S/C39H24N2OS/c1-23-19-26-9-2-3-14-29(26)35-36-39(42-37(23)35)41-33(22-40-36)28-13-7-11-25(21-28)24-10-6-12-27(20-24)30-16-8-17-32-31-15-4-5-18-34(31)43-38(30)32/h2-22H,1H3. The Hall–Kier alpha value is -5.32. The topological polar surface area (TPSA) is 38.9 Å².